The molecule has 0 fully saturated rings. The summed E-state index contributed by atoms with van der Waals surface area (Å²) in [6.45, 7) is 8.14. The summed E-state index contributed by atoms with van der Waals surface area (Å²) in [7, 11) is 13.1. The molecule has 0 saturated carbocycles. The van der Waals surface area contributed by atoms with Crippen molar-refractivity contribution < 1.29 is 43.7 Å². The van der Waals surface area contributed by atoms with E-state index in [0.29, 0.717) is 77.8 Å². The monoisotopic (exact) mass is 1880 g/mol. The Morgan fingerprint density at radius 1 is 0.454 bits per heavy atom. The molecular weight excluding hydrogens is 1830 g/mol. The molecule has 46 heteroatoms. The maximum atomic E-state index is 11.3. The molecule has 0 aliphatic rings. The van der Waals surface area contributed by atoms with Crippen LogP contribution in [0.2, 0.25) is 75.7 Å². The second-order valence-corrected chi connectivity index (χ2v) is 30.4. The van der Waals surface area contributed by atoms with Crippen LogP contribution in [-0.4, -0.2) is 138 Å². The third kappa shape index (κ3) is 34.9. The molecule has 7 N–H and O–H groups in total. The standard InChI is InChI=1S/C13H12Cl3N3S.C9H8Cl2N2O4.C9H8Cl2N2O3S.C9H10Cl2N2O2.C7H8Cl2N2.C6H3Cl2NO3.C6H5Cl2NS.C3H6ClNS/c1-6(2)8-5-11(18-19-13(8)16)20-12-9(14)3-7(17)4-10(12)15;1-12(2)9(14)17-8-6(10)3-5(13(15)16)4-7(8)11;1-12(2)9(17)16-8-6(10)3-5(13(14)15)4-7(8)11;1-13(2)9(14)15-8-6(10)3-5(12)4-7(8)11;1-4(2)5-3-6(8)10-11-7(5)9;7-4-1-3(9(11)12)2-5(8)6(4)10;7-4-1-3(9)2-5(8)6(4)10;1-5(2)3(4)6/h3-6H,17H2,1-2H3;2*3-4H,1-2H3;3-4H,12H2,1-2H3;3-4H,1-2H3;1-2,10H;1-2,10H,9H2;1-2H3. The molecule has 0 atom stereocenters. The van der Waals surface area contributed by atoms with Gasteiger partial charge in [0.05, 0.1) is 79.9 Å². The lowest BCUT2D eigenvalue weighted by Crippen LogP contribution is -2.25. The van der Waals surface area contributed by atoms with E-state index in [1.54, 1.807) is 82.4 Å². The van der Waals surface area contributed by atoms with Crippen LogP contribution in [-0.2, 0) is 0 Å². The molecule has 2 amide bonds. The van der Waals surface area contributed by atoms with Crippen LogP contribution in [0.1, 0.15) is 50.7 Å². The number of benzene rings is 6. The predicted octanol–water partition coefficient (Wildman–Crippen LogP) is 23.5. The number of hydrogen-bond donors (Lipinski definition) is 5. The van der Waals surface area contributed by atoms with Crippen molar-refractivity contribution in [3.63, 3.8) is 0 Å². The molecule has 0 aliphatic heterocycles. The second-order valence-electron chi connectivity index (χ2n) is 21.7. The summed E-state index contributed by atoms with van der Waals surface area (Å²) in [4.78, 5) is 58.9. The molecule has 8 rings (SSSR count). The second kappa shape index (κ2) is 48.3. The fourth-order valence-electron chi connectivity index (χ4n) is 6.33. The summed E-state index contributed by atoms with van der Waals surface area (Å²) >= 11 is 107. The number of non-ortho nitro benzene ring substituents is 3. The number of hydrogen-bond acceptors (Lipinski definition) is 23. The first kappa shape index (κ1) is 100. The number of thiocarbonyl (C=S) groups is 2. The summed E-state index contributed by atoms with van der Waals surface area (Å²) in [5.41, 5.74) is 19.2. The molecule has 2 heterocycles. The largest absolute Gasteiger partial charge is 0.505 e. The van der Waals surface area contributed by atoms with E-state index in [0.717, 1.165) is 47.5 Å². The summed E-state index contributed by atoms with van der Waals surface area (Å²) in [6.07, 6.45) is -1.23. The maximum absolute atomic E-state index is 11.3. The lowest BCUT2D eigenvalue weighted by atomic mass is 10.1. The van der Waals surface area contributed by atoms with Crippen LogP contribution < -0.4 is 31.4 Å². The number of phenols is 1. The molecule has 26 nitrogen and oxygen atoms in total. The third-order valence-corrected chi connectivity index (χ3v) is 19.0. The average molecular weight is 1890 g/mol. The van der Waals surface area contributed by atoms with Gasteiger partial charge in [0.2, 0.25) is 0 Å². The summed E-state index contributed by atoms with van der Waals surface area (Å²) in [6, 6.07) is 19.6. The van der Waals surface area contributed by atoms with Gasteiger partial charge in [-0.2, -0.15) is 0 Å². The van der Waals surface area contributed by atoms with Gasteiger partial charge in [-0.3, -0.25) is 30.3 Å². The number of halogens is 16. The van der Waals surface area contributed by atoms with E-state index in [2.05, 4.69) is 45.2 Å². The Labute approximate surface area is 720 Å². The molecule has 0 saturated heterocycles. The molecule has 0 spiro atoms. The minimum Gasteiger partial charge on any atom is -0.505 e. The number of phenolic OH excluding ortho intramolecular Hbond substituents is 1. The van der Waals surface area contributed by atoms with Gasteiger partial charge in [0.25, 0.3) is 22.2 Å². The molecule has 0 unspecified atom stereocenters. The molecule has 0 bridgehead atoms. The molecule has 108 heavy (non-hydrogen) atoms. The van der Waals surface area contributed by atoms with E-state index in [9.17, 15) is 39.9 Å². The average Bonchev–Trinajstić information content (AvgIpc) is 0.836. The Morgan fingerprint density at radius 3 is 1.04 bits per heavy atom. The number of aromatic nitrogens is 4. The number of amides is 2. The molecule has 6 aromatic carbocycles. The Hall–Kier alpha value is -5.66. The van der Waals surface area contributed by atoms with Gasteiger partial charge in [0.15, 0.2) is 42.9 Å². The zero-order valence-corrected chi connectivity index (χ0v) is 73.0. The van der Waals surface area contributed by atoms with Crippen LogP contribution in [0.25, 0.3) is 0 Å². The van der Waals surface area contributed by atoms with Crippen molar-refractivity contribution in [2.45, 2.75) is 54.3 Å². The van der Waals surface area contributed by atoms with Crippen molar-refractivity contribution in [2.24, 2.45) is 0 Å². The Balaban J connectivity index is 0.000000628. The lowest BCUT2D eigenvalue weighted by Gasteiger charge is -2.15. The van der Waals surface area contributed by atoms with E-state index in [1.807, 2.05) is 33.8 Å². The number of nitrogens with zero attached hydrogens (tertiary/aromatic N) is 11. The van der Waals surface area contributed by atoms with Gasteiger partial charge in [0, 0.05) is 115 Å². The van der Waals surface area contributed by atoms with Crippen molar-refractivity contribution in [3.05, 3.63) is 202 Å². The molecular formula is C62H60Cl16N14O12S4. The minimum absolute atomic E-state index is 0.0356. The predicted molar refractivity (Wildman–Crippen MR) is 451 cm³/mol. The Bertz CT molecular complexity index is 4320. The number of nitrogen functional groups attached to an aromatic ring is 3. The number of thiol groups is 1. The highest BCUT2D eigenvalue weighted by Gasteiger charge is 2.22. The van der Waals surface area contributed by atoms with Gasteiger partial charge in [-0.15, -0.1) is 33.0 Å². The van der Waals surface area contributed by atoms with Crippen molar-refractivity contribution >= 4 is 290 Å². The highest BCUT2D eigenvalue weighted by molar-refractivity contribution is 7.99. The first-order valence-electron chi connectivity index (χ1n) is 28.8. The smallest absolute Gasteiger partial charge is 0.414 e. The number of aromatic hydroxyl groups is 1. The zero-order chi connectivity index (χ0) is 83.4. The summed E-state index contributed by atoms with van der Waals surface area (Å²) in [5.74, 6) is 0.371. The van der Waals surface area contributed by atoms with Crippen molar-refractivity contribution in [3.8, 4) is 23.0 Å². The molecule has 0 aliphatic carbocycles. The van der Waals surface area contributed by atoms with E-state index in [1.165, 1.54) is 47.8 Å². The zero-order valence-electron chi connectivity index (χ0n) is 57.5. The van der Waals surface area contributed by atoms with Crippen LogP contribution in [0.4, 0.5) is 43.7 Å². The van der Waals surface area contributed by atoms with Gasteiger partial charge in [0.1, 0.15) is 5.03 Å². The molecule has 8 aromatic rings. The third-order valence-electron chi connectivity index (χ3n) is 11.6. The van der Waals surface area contributed by atoms with Crippen LogP contribution >= 0.6 is 234 Å². The van der Waals surface area contributed by atoms with E-state index in [-0.39, 0.29) is 91.3 Å². The van der Waals surface area contributed by atoms with Gasteiger partial charge in [-0.25, -0.2) is 9.59 Å². The van der Waals surface area contributed by atoms with Gasteiger partial charge < -0.3 is 56.1 Å². The minimum atomic E-state index is -0.678. The SMILES string of the molecule is CC(C)c1cc(Cl)nnc1Cl.CC(C)c1cc(Sc2c(Cl)cc(N)cc2Cl)nnc1Cl.CN(C)C(=O)Oc1c(Cl)cc(N)cc1Cl.CN(C)C(=O)Oc1c(Cl)cc([N+](=O)[O-])cc1Cl.CN(C)C(=S)Cl.CN(C)C(=S)Oc1c(Cl)cc([N+](=O)[O-])cc1Cl.Nc1cc(Cl)c(S)c(Cl)c1.O=[N+]([O-])c1cc(Cl)c(O)c(Cl)c1. The normalized spacial score (nSPS) is 10.1. The van der Waals surface area contributed by atoms with Gasteiger partial charge in [-0.1, -0.05) is 225 Å². The quantitative estimate of drug-likeness (QED) is 0.0161. The number of nitrogens with two attached hydrogens (primary N) is 3. The van der Waals surface area contributed by atoms with Gasteiger partial charge >= 0.3 is 12.2 Å². The maximum Gasteiger partial charge on any atom is 0.414 e. The number of nitro groups is 3. The Kier molecular flexibility index (Phi) is 44.9. The molecule has 0 radical (unpaired) electrons. The van der Waals surface area contributed by atoms with Crippen molar-refractivity contribution in [1.29, 1.82) is 0 Å². The number of anilines is 3. The van der Waals surface area contributed by atoms with Crippen LogP contribution in [0.15, 0.2) is 99.7 Å². The van der Waals surface area contributed by atoms with Crippen molar-refractivity contribution in [1.82, 2.24) is 40.0 Å². The topological polar surface area (TPSA) is 354 Å². The van der Waals surface area contributed by atoms with Crippen LogP contribution in [0.5, 0.6) is 23.0 Å². The molecule has 2 aromatic heterocycles. The fraction of sp³-hybridized carbons (Fsp3) is 0.226. The summed E-state index contributed by atoms with van der Waals surface area (Å²) < 4.78 is 15.5. The highest BCUT2D eigenvalue weighted by atomic mass is 35.5. The summed E-state index contributed by atoms with van der Waals surface area (Å²) in [5, 5.41) is 59.7. The number of carbonyl (C=O) groups is 2. The van der Waals surface area contributed by atoms with Crippen molar-refractivity contribution in [2.75, 3.05) is 73.6 Å². The lowest BCUT2D eigenvalue weighted by molar-refractivity contribution is -0.385. The number of carbonyl (C=O) groups excluding carboxylic acids is 2. The first-order chi connectivity index (χ1) is 49.8. The van der Waals surface area contributed by atoms with E-state index < -0.39 is 27.0 Å². The first-order valence-corrected chi connectivity index (χ1v) is 36.9. The van der Waals surface area contributed by atoms with E-state index >= 15 is 0 Å². The molecule has 586 valence electrons. The van der Waals surface area contributed by atoms with Gasteiger partial charge in [-0.05, 0) is 95.9 Å². The van der Waals surface area contributed by atoms with Crippen LogP contribution in [0.3, 0.4) is 0 Å². The van der Waals surface area contributed by atoms with E-state index in [4.69, 9.17) is 234 Å². The highest BCUT2D eigenvalue weighted by Crippen LogP contribution is 2.43. The number of nitro benzene ring substituents is 3. The Morgan fingerprint density at radius 2 is 0.741 bits per heavy atom. The number of rotatable bonds is 10. The fourth-order valence-corrected chi connectivity index (χ4v) is 11.5. The van der Waals surface area contributed by atoms with Crippen LogP contribution in [0, 0.1) is 30.3 Å². The number of ether oxygens (including phenoxy) is 3.